The Morgan fingerprint density at radius 3 is 2.40 bits per heavy atom. The highest BCUT2D eigenvalue weighted by Gasteiger charge is 2.23. The molecule has 25 heavy (non-hydrogen) atoms. The number of hydrogen-bond acceptors (Lipinski definition) is 5. The second kappa shape index (κ2) is 7.61. The van der Waals surface area contributed by atoms with Gasteiger partial charge in [-0.2, -0.15) is 0 Å². The van der Waals surface area contributed by atoms with Crippen molar-refractivity contribution >= 4 is 17.6 Å². The molecule has 0 saturated carbocycles. The van der Waals surface area contributed by atoms with E-state index in [1.165, 1.54) is 32.2 Å². The van der Waals surface area contributed by atoms with Crippen molar-refractivity contribution in [2.45, 2.75) is 13.0 Å². The molecule has 2 rings (SSSR count). The summed E-state index contributed by atoms with van der Waals surface area (Å²) in [6.45, 7) is 1.23. The van der Waals surface area contributed by atoms with Gasteiger partial charge in [-0.25, -0.2) is 13.6 Å². The molecule has 2 N–H and O–H groups in total. The summed E-state index contributed by atoms with van der Waals surface area (Å²) in [5, 5.41) is 11.7. The SMILES string of the molecule is COc1ccc(O)c(C(=O)OC(C)C(=O)Nc2c(F)cccc2F)c1. The number of benzene rings is 2. The maximum atomic E-state index is 13.5. The third-order valence-electron chi connectivity index (χ3n) is 3.29. The average molecular weight is 351 g/mol. The zero-order valence-corrected chi connectivity index (χ0v) is 13.4. The number of methoxy groups -OCH3 is 1. The van der Waals surface area contributed by atoms with E-state index in [1.54, 1.807) is 0 Å². The van der Waals surface area contributed by atoms with E-state index in [0.717, 1.165) is 18.2 Å². The molecule has 2 aromatic carbocycles. The number of carbonyl (C=O) groups is 2. The van der Waals surface area contributed by atoms with Gasteiger partial charge in [-0.15, -0.1) is 0 Å². The summed E-state index contributed by atoms with van der Waals surface area (Å²) in [7, 11) is 1.38. The third kappa shape index (κ3) is 4.23. The van der Waals surface area contributed by atoms with Crippen LogP contribution in [-0.4, -0.2) is 30.2 Å². The fourth-order valence-electron chi connectivity index (χ4n) is 1.93. The minimum Gasteiger partial charge on any atom is -0.507 e. The molecule has 0 saturated heterocycles. The van der Waals surface area contributed by atoms with Crippen LogP contribution in [0, 0.1) is 11.6 Å². The van der Waals surface area contributed by atoms with E-state index in [2.05, 4.69) is 0 Å². The lowest BCUT2D eigenvalue weighted by molar-refractivity contribution is -0.123. The Kier molecular flexibility index (Phi) is 5.53. The number of phenols is 1. The molecule has 0 bridgehead atoms. The third-order valence-corrected chi connectivity index (χ3v) is 3.29. The zero-order chi connectivity index (χ0) is 18.6. The maximum absolute atomic E-state index is 13.5. The zero-order valence-electron chi connectivity index (χ0n) is 13.4. The minimum atomic E-state index is -1.36. The van der Waals surface area contributed by atoms with Gasteiger partial charge >= 0.3 is 5.97 Å². The van der Waals surface area contributed by atoms with Crippen LogP contribution in [0.25, 0.3) is 0 Å². The lowest BCUT2D eigenvalue weighted by atomic mass is 10.2. The molecule has 0 aliphatic carbocycles. The van der Waals surface area contributed by atoms with Crippen molar-refractivity contribution in [3.8, 4) is 11.5 Å². The van der Waals surface area contributed by atoms with Gasteiger partial charge in [0.25, 0.3) is 5.91 Å². The number of ether oxygens (including phenoxy) is 2. The molecule has 1 amide bonds. The van der Waals surface area contributed by atoms with Crippen LogP contribution in [0.15, 0.2) is 36.4 Å². The molecule has 2 aromatic rings. The number of carbonyl (C=O) groups excluding carboxylic acids is 2. The van der Waals surface area contributed by atoms with E-state index in [4.69, 9.17) is 9.47 Å². The molecule has 0 radical (unpaired) electrons. The monoisotopic (exact) mass is 351 g/mol. The Morgan fingerprint density at radius 2 is 1.80 bits per heavy atom. The quantitative estimate of drug-likeness (QED) is 0.809. The highest BCUT2D eigenvalue weighted by molar-refractivity contribution is 5.98. The topological polar surface area (TPSA) is 84.9 Å². The molecule has 1 atom stereocenters. The first-order chi connectivity index (χ1) is 11.8. The number of phenolic OH excluding ortho intramolecular Hbond substituents is 1. The van der Waals surface area contributed by atoms with Gasteiger partial charge in [-0.1, -0.05) is 6.07 Å². The fraction of sp³-hybridized carbons (Fsp3) is 0.176. The number of halogens is 2. The summed E-state index contributed by atoms with van der Waals surface area (Å²) in [6.07, 6.45) is -1.36. The van der Waals surface area contributed by atoms with Gasteiger partial charge < -0.3 is 19.9 Å². The van der Waals surface area contributed by atoms with Gasteiger partial charge in [0.2, 0.25) is 0 Å². The van der Waals surface area contributed by atoms with Crippen LogP contribution >= 0.6 is 0 Å². The Labute approximate surface area is 142 Å². The highest BCUT2D eigenvalue weighted by atomic mass is 19.1. The summed E-state index contributed by atoms with van der Waals surface area (Å²) in [5.74, 6) is -3.91. The lowest BCUT2D eigenvalue weighted by Gasteiger charge is -2.15. The number of hydrogen-bond donors (Lipinski definition) is 2. The number of nitrogens with one attached hydrogen (secondary N) is 1. The Morgan fingerprint density at radius 1 is 1.16 bits per heavy atom. The van der Waals surface area contributed by atoms with Gasteiger partial charge in [0, 0.05) is 0 Å². The predicted octanol–water partition coefficient (Wildman–Crippen LogP) is 2.86. The Balaban J connectivity index is 2.10. The summed E-state index contributed by atoms with van der Waals surface area (Å²) in [5.41, 5.74) is -0.851. The predicted molar refractivity (Wildman–Crippen MR) is 84.5 cm³/mol. The molecule has 0 aromatic heterocycles. The van der Waals surface area contributed by atoms with E-state index < -0.39 is 35.3 Å². The normalized spacial score (nSPS) is 11.5. The maximum Gasteiger partial charge on any atom is 0.342 e. The standard InChI is InChI=1S/C17H15F2NO5/c1-9(16(22)20-15-12(18)4-3-5-13(15)19)25-17(23)11-8-10(24-2)6-7-14(11)21/h3-9,21H,1-2H3,(H,20,22). The number of esters is 1. The Bertz CT molecular complexity index is 789. The fourth-order valence-corrected chi connectivity index (χ4v) is 1.93. The molecule has 1 unspecified atom stereocenters. The molecule has 0 aliphatic heterocycles. The number of anilines is 1. The van der Waals surface area contributed by atoms with Crippen LogP contribution in [0.1, 0.15) is 17.3 Å². The minimum absolute atomic E-state index is 0.212. The lowest BCUT2D eigenvalue weighted by Crippen LogP contribution is -2.30. The van der Waals surface area contributed by atoms with Gasteiger partial charge in [0.1, 0.15) is 34.4 Å². The molecule has 132 valence electrons. The van der Waals surface area contributed by atoms with E-state index in [-0.39, 0.29) is 11.3 Å². The van der Waals surface area contributed by atoms with Crippen LogP contribution in [-0.2, 0) is 9.53 Å². The van der Waals surface area contributed by atoms with Gasteiger partial charge in [0.15, 0.2) is 6.10 Å². The van der Waals surface area contributed by atoms with Crippen LogP contribution in [0.3, 0.4) is 0 Å². The summed E-state index contributed by atoms with van der Waals surface area (Å²) in [4.78, 5) is 24.1. The second-order valence-corrected chi connectivity index (χ2v) is 5.02. The second-order valence-electron chi connectivity index (χ2n) is 5.02. The molecule has 8 heteroatoms. The number of aromatic hydroxyl groups is 1. The van der Waals surface area contributed by atoms with Crippen LogP contribution in [0.2, 0.25) is 0 Å². The molecular weight excluding hydrogens is 336 g/mol. The van der Waals surface area contributed by atoms with Crippen molar-refractivity contribution < 1.29 is 33.0 Å². The van der Waals surface area contributed by atoms with Crippen LogP contribution in [0.4, 0.5) is 14.5 Å². The first-order valence-electron chi connectivity index (χ1n) is 7.16. The smallest absolute Gasteiger partial charge is 0.342 e. The van der Waals surface area contributed by atoms with E-state index in [9.17, 15) is 23.5 Å². The number of amides is 1. The molecule has 0 spiro atoms. The van der Waals surface area contributed by atoms with Crippen molar-refractivity contribution in [1.82, 2.24) is 0 Å². The van der Waals surface area contributed by atoms with Crippen molar-refractivity contribution in [2.75, 3.05) is 12.4 Å². The summed E-state index contributed by atoms with van der Waals surface area (Å²) in [6, 6.07) is 7.00. The van der Waals surface area contributed by atoms with E-state index >= 15 is 0 Å². The van der Waals surface area contributed by atoms with Gasteiger partial charge in [0.05, 0.1) is 7.11 Å². The number of rotatable bonds is 5. The van der Waals surface area contributed by atoms with E-state index in [0.29, 0.717) is 5.75 Å². The molecule has 6 nitrogen and oxygen atoms in total. The van der Waals surface area contributed by atoms with Crippen LogP contribution < -0.4 is 10.1 Å². The van der Waals surface area contributed by atoms with Gasteiger partial charge in [-0.05, 0) is 37.3 Å². The van der Waals surface area contributed by atoms with Crippen LogP contribution in [0.5, 0.6) is 11.5 Å². The summed E-state index contributed by atoms with van der Waals surface area (Å²) >= 11 is 0. The first-order valence-corrected chi connectivity index (χ1v) is 7.16. The first kappa shape index (κ1) is 18.2. The van der Waals surface area contributed by atoms with Gasteiger partial charge in [-0.3, -0.25) is 4.79 Å². The molecule has 0 heterocycles. The van der Waals surface area contributed by atoms with Crippen molar-refractivity contribution in [3.05, 3.63) is 53.6 Å². The highest BCUT2D eigenvalue weighted by Crippen LogP contribution is 2.24. The average Bonchev–Trinajstić information content (AvgIpc) is 2.58. The number of para-hydroxylation sites is 1. The summed E-state index contributed by atoms with van der Waals surface area (Å²) < 4.78 is 36.9. The molecule has 0 aliphatic rings. The molecule has 0 fully saturated rings. The van der Waals surface area contributed by atoms with Crippen molar-refractivity contribution in [3.63, 3.8) is 0 Å². The van der Waals surface area contributed by atoms with Crippen molar-refractivity contribution in [2.24, 2.45) is 0 Å². The Hall–Kier alpha value is -3.16. The molecular formula is C17H15F2NO5. The largest absolute Gasteiger partial charge is 0.507 e. The van der Waals surface area contributed by atoms with E-state index in [1.807, 2.05) is 5.32 Å². The van der Waals surface area contributed by atoms with Crippen molar-refractivity contribution in [1.29, 1.82) is 0 Å².